The summed E-state index contributed by atoms with van der Waals surface area (Å²) in [6, 6.07) is 15.3. The Morgan fingerprint density at radius 3 is 2.13 bits per heavy atom. The number of unbranched alkanes of at least 4 members (excludes halogenated alkanes) is 10. The molecule has 2 rings (SSSR count). The van der Waals surface area contributed by atoms with Crippen LogP contribution in [0.2, 0.25) is 0 Å². The van der Waals surface area contributed by atoms with E-state index in [1.165, 1.54) is 64.0 Å². The van der Waals surface area contributed by atoms with Crippen molar-refractivity contribution < 1.29 is 19.1 Å². The van der Waals surface area contributed by atoms with Crippen molar-refractivity contribution in [3.63, 3.8) is 0 Å². The summed E-state index contributed by atoms with van der Waals surface area (Å²) in [5.41, 5.74) is 4.25. The van der Waals surface area contributed by atoms with Crippen LogP contribution in [0, 0.1) is 0 Å². The van der Waals surface area contributed by atoms with Crippen molar-refractivity contribution in [2.24, 2.45) is 5.10 Å². The molecule has 2 amide bonds. The maximum atomic E-state index is 12.0. The van der Waals surface area contributed by atoms with Crippen molar-refractivity contribution in [2.75, 3.05) is 13.7 Å². The number of rotatable bonds is 20. The van der Waals surface area contributed by atoms with Gasteiger partial charge in [0.15, 0.2) is 11.5 Å². The fraction of sp³-hybridized carbons (Fsp3) is 0.516. The third-order valence-electron chi connectivity index (χ3n) is 6.28. The lowest BCUT2D eigenvalue weighted by molar-refractivity contribution is -0.126. The summed E-state index contributed by atoms with van der Waals surface area (Å²) in [5.74, 6) is 0.725. The maximum absolute atomic E-state index is 12.0. The summed E-state index contributed by atoms with van der Waals surface area (Å²) in [6.45, 7) is 2.59. The number of hydrogen-bond donors (Lipinski definition) is 2. The zero-order valence-electron chi connectivity index (χ0n) is 23.2. The van der Waals surface area contributed by atoms with Gasteiger partial charge < -0.3 is 14.8 Å². The Kier molecular flexibility index (Phi) is 16.0. The number of nitrogens with zero attached hydrogens (tertiary/aromatic N) is 1. The van der Waals surface area contributed by atoms with E-state index in [0.717, 1.165) is 24.0 Å². The fourth-order valence-electron chi connectivity index (χ4n) is 4.05. The van der Waals surface area contributed by atoms with Crippen LogP contribution in [0.15, 0.2) is 53.6 Å². The van der Waals surface area contributed by atoms with Gasteiger partial charge in [0.25, 0.3) is 5.91 Å². The highest BCUT2D eigenvalue weighted by atomic mass is 16.5. The minimum atomic E-state index is -0.372. The number of amides is 2. The molecule has 0 spiro atoms. The van der Waals surface area contributed by atoms with E-state index in [2.05, 4.69) is 22.8 Å². The Morgan fingerprint density at radius 2 is 1.47 bits per heavy atom. The van der Waals surface area contributed by atoms with Crippen molar-refractivity contribution >= 4 is 18.0 Å². The van der Waals surface area contributed by atoms with Crippen LogP contribution in [-0.2, 0) is 16.2 Å². The molecule has 0 saturated heterocycles. The minimum Gasteiger partial charge on any atom is -0.493 e. The molecule has 0 aliphatic carbocycles. The molecule has 0 radical (unpaired) electrons. The molecule has 0 unspecified atom stereocenters. The van der Waals surface area contributed by atoms with Crippen LogP contribution in [-0.4, -0.2) is 31.7 Å². The number of hydrazone groups is 1. The van der Waals surface area contributed by atoms with Gasteiger partial charge in [-0.25, -0.2) is 5.43 Å². The van der Waals surface area contributed by atoms with Gasteiger partial charge in [0, 0.05) is 6.42 Å². The standard InChI is InChI=1S/C31H45N3O4/c1-3-4-5-6-7-8-9-10-11-12-16-19-30(35)32-24-31(36)34-33-23-27-20-21-28(29(22-27)37-2)38-25-26-17-14-13-15-18-26/h13-15,17-18,20-23H,3-12,16,19,24-25H2,1-2H3,(H,32,35)(H,34,36)/b33-23+. The zero-order chi connectivity index (χ0) is 27.3. The summed E-state index contributed by atoms with van der Waals surface area (Å²) < 4.78 is 11.3. The summed E-state index contributed by atoms with van der Waals surface area (Å²) in [6.07, 6.45) is 15.6. The van der Waals surface area contributed by atoms with E-state index >= 15 is 0 Å². The summed E-state index contributed by atoms with van der Waals surface area (Å²) >= 11 is 0. The van der Waals surface area contributed by atoms with Gasteiger partial charge in [-0.05, 0) is 35.7 Å². The van der Waals surface area contributed by atoms with E-state index in [1.54, 1.807) is 19.2 Å². The molecule has 0 saturated carbocycles. The first-order chi connectivity index (χ1) is 18.6. The lowest BCUT2D eigenvalue weighted by Crippen LogP contribution is -2.34. The smallest absolute Gasteiger partial charge is 0.259 e. The molecule has 0 bridgehead atoms. The Morgan fingerprint density at radius 1 is 0.816 bits per heavy atom. The SMILES string of the molecule is CCCCCCCCCCCCCC(=O)NCC(=O)N/N=C/c1ccc(OCc2ccccc2)c(OC)c1. The van der Waals surface area contributed by atoms with Crippen molar-refractivity contribution in [1.82, 2.24) is 10.7 Å². The van der Waals surface area contributed by atoms with Gasteiger partial charge in [-0.2, -0.15) is 5.10 Å². The first-order valence-corrected chi connectivity index (χ1v) is 14.1. The van der Waals surface area contributed by atoms with Crippen molar-refractivity contribution in [3.8, 4) is 11.5 Å². The third-order valence-corrected chi connectivity index (χ3v) is 6.28. The van der Waals surface area contributed by atoms with Gasteiger partial charge in [-0.15, -0.1) is 0 Å². The number of carbonyl (C=O) groups is 2. The van der Waals surface area contributed by atoms with Gasteiger partial charge in [0.2, 0.25) is 5.91 Å². The van der Waals surface area contributed by atoms with Gasteiger partial charge >= 0.3 is 0 Å². The summed E-state index contributed by atoms with van der Waals surface area (Å²) in [7, 11) is 1.58. The topological polar surface area (TPSA) is 89.0 Å². The lowest BCUT2D eigenvalue weighted by Gasteiger charge is -2.11. The zero-order valence-corrected chi connectivity index (χ0v) is 23.2. The van der Waals surface area contributed by atoms with Gasteiger partial charge in [0.1, 0.15) is 6.61 Å². The molecule has 2 N–H and O–H groups in total. The van der Waals surface area contributed by atoms with E-state index in [1.807, 2.05) is 36.4 Å². The second kappa shape index (κ2) is 19.7. The van der Waals surface area contributed by atoms with E-state index in [-0.39, 0.29) is 18.4 Å². The molecule has 208 valence electrons. The van der Waals surface area contributed by atoms with Crippen LogP contribution in [0.5, 0.6) is 11.5 Å². The monoisotopic (exact) mass is 523 g/mol. The molecule has 0 atom stereocenters. The van der Waals surface area contributed by atoms with Gasteiger partial charge in [-0.1, -0.05) is 101 Å². The van der Waals surface area contributed by atoms with Crippen LogP contribution in [0.1, 0.15) is 95.1 Å². The summed E-state index contributed by atoms with van der Waals surface area (Å²) in [4.78, 5) is 24.0. The molecule has 2 aromatic carbocycles. The normalized spacial score (nSPS) is 10.9. The Hall–Kier alpha value is -3.35. The van der Waals surface area contributed by atoms with Crippen molar-refractivity contribution in [2.45, 2.75) is 90.6 Å². The second-order valence-electron chi connectivity index (χ2n) is 9.54. The Labute approximate surface area is 228 Å². The molecule has 0 aliphatic rings. The van der Waals surface area contributed by atoms with Crippen LogP contribution in [0.4, 0.5) is 0 Å². The van der Waals surface area contributed by atoms with Crippen molar-refractivity contribution in [3.05, 3.63) is 59.7 Å². The van der Waals surface area contributed by atoms with Crippen LogP contribution >= 0.6 is 0 Å². The van der Waals surface area contributed by atoms with Crippen molar-refractivity contribution in [1.29, 1.82) is 0 Å². The maximum Gasteiger partial charge on any atom is 0.259 e. The van der Waals surface area contributed by atoms with Crippen LogP contribution in [0.3, 0.4) is 0 Å². The number of nitrogens with one attached hydrogen (secondary N) is 2. The molecule has 0 heterocycles. The van der Waals surface area contributed by atoms with E-state index in [0.29, 0.717) is 24.5 Å². The lowest BCUT2D eigenvalue weighted by atomic mass is 10.1. The molecule has 2 aromatic rings. The molecule has 7 nitrogen and oxygen atoms in total. The molecular formula is C31H45N3O4. The van der Waals surface area contributed by atoms with E-state index in [4.69, 9.17) is 9.47 Å². The van der Waals surface area contributed by atoms with E-state index in [9.17, 15) is 9.59 Å². The molecular weight excluding hydrogens is 478 g/mol. The van der Waals surface area contributed by atoms with E-state index < -0.39 is 0 Å². The second-order valence-corrected chi connectivity index (χ2v) is 9.54. The van der Waals surface area contributed by atoms with Gasteiger partial charge in [0.05, 0.1) is 19.9 Å². The highest BCUT2D eigenvalue weighted by Gasteiger charge is 2.07. The number of benzene rings is 2. The Bertz CT molecular complexity index is 963. The average Bonchev–Trinajstić information content (AvgIpc) is 2.94. The number of carbonyl (C=O) groups excluding carboxylic acids is 2. The first-order valence-electron chi connectivity index (χ1n) is 14.1. The number of methoxy groups -OCH3 is 1. The molecule has 0 fully saturated rings. The number of hydrogen-bond acceptors (Lipinski definition) is 5. The highest BCUT2D eigenvalue weighted by molar-refractivity contribution is 5.86. The van der Waals surface area contributed by atoms with Gasteiger partial charge in [-0.3, -0.25) is 9.59 Å². The Balaban J connectivity index is 1.56. The third kappa shape index (κ3) is 13.8. The minimum absolute atomic E-state index is 0.0935. The fourth-order valence-corrected chi connectivity index (χ4v) is 4.05. The average molecular weight is 524 g/mol. The molecule has 0 aromatic heterocycles. The molecule has 7 heteroatoms. The highest BCUT2D eigenvalue weighted by Crippen LogP contribution is 2.28. The largest absolute Gasteiger partial charge is 0.493 e. The quantitative estimate of drug-likeness (QED) is 0.117. The first kappa shape index (κ1) is 30.9. The molecule has 0 aliphatic heterocycles. The molecule has 38 heavy (non-hydrogen) atoms. The van der Waals surface area contributed by atoms with Crippen LogP contribution < -0.4 is 20.2 Å². The predicted octanol–water partition coefficient (Wildman–Crippen LogP) is 6.54. The van der Waals surface area contributed by atoms with Crippen LogP contribution in [0.25, 0.3) is 0 Å². The predicted molar refractivity (Wildman–Crippen MR) is 154 cm³/mol. The number of ether oxygens (including phenoxy) is 2. The summed E-state index contributed by atoms with van der Waals surface area (Å²) in [5, 5.41) is 6.64.